The predicted molar refractivity (Wildman–Crippen MR) is 99.5 cm³/mol. The Morgan fingerprint density at radius 1 is 1.04 bits per heavy atom. The lowest BCUT2D eigenvalue weighted by Crippen LogP contribution is -1.94. The summed E-state index contributed by atoms with van der Waals surface area (Å²) in [5.41, 5.74) is 4.47. The van der Waals surface area contributed by atoms with E-state index >= 15 is 0 Å². The summed E-state index contributed by atoms with van der Waals surface area (Å²) in [7, 11) is 0. The molecule has 4 nitrogen and oxygen atoms in total. The minimum atomic E-state index is 0.469. The van der Waals surface area contributed by atoms with E-state index in [9.17, 15) is 4.79 Å². The second kappa shape index (κ2) is 6.45. The summed E-state index contributed by atoms with van der Waals surface area (Å²) in [6.45, 7) is 2.03. The lowest BCUT2D eigenvalue weighted by molar-refractivity contribution is 0.112. The van der Waals surface area contributed by atoms with Crippen molar-refractivity contribution in [3.63, 3.8) is 0 Å². The van der Waals surface area contributed by atoms with Gasteiger partial charge in [-0.3, -0.25) is 4.79 Å². The first-order chi connectivity index (χ1) is 12.3. The molecule has 4 aromatic rings. The maximum Gasteiger partial charge on any atom is 0.240 e. The number of aldehydes is 1. The van der Waals surface area contributed by atoms with Crippen molar-refractivity contribution in [2.75, 3.05) is 0 Å². The number of rotatable bonds is 4. The van der Waals surface area contributed by atoms with Gasteiger partial charge in [0.25, 0.3) is 0 Å². The van der Waals surface area contributed by atoms with Crippen LogP contribution in [-0.4, -0.2) is 16.3 Å². The van der Waals surface area contributed by atoms with E-state index in [1.807, 2.05) is 37.3 Å². The van der Waals surface area contributed by atoms with E-state index in [1.165, 1.54) is 17.7 Å². The van der Waals surface area contributed by atoms with Crippen LogP contribution in [0.1, 0.15) is 15.9 Å². The minimum Gasteiger partial charge on any atom is -0.437 e. The first-order valence-electron chi connectivity index (χ1n) is 7.78. The molecule has 2 aromatic heterocycles. The highest BCUT2D eigenvalue weighted by Crippen LogP contribution is 2.36. The van der Waals surface area contributed by atoms with Crippen LogP contribution in [0.3, 0.4) is 0 Å². The van der Waals surface area contributed by atoms with Gasteiger partial charge in [0.2, 0.25) is 5.88 Å². The van der Waals surface area contributed by atoms with E-state index < -0.39 is 0 Å². The van der Waals surface area contributed by atoms with Gasteiger partial charge in [0.05, 0.1) is 11.1 Å². The molecule has 0 atom stereocenters. The minimum absolute atomic E-state index is 0.469. The Morgan fingerprint density at radius 3 is 2.68 bits per heavy atom. The number of hydrogen-bond acceptors (Lipinski definition) is 5. The molecule has 0 bridgehead atoms. The monoisotopic (exact) mass is 346 g/mol. The second-order valence-electron chi connectivity index (χ2n) is 5.56. The van der Waals surface area contributed by atoms with Crippen LogP contribution in [0.2, 0.25) is 0 Å². The summed E-state index contributed by atoms with van der Waals surface area (Å²) in [6, 6.07) is 16.1. The zero-order valence-electron chi connectivity index (χ0n) is 13.5. The van der Waals surface area contributed by atoms with Crippen LogP contribution in [-0.2, 0) is 0 Å². The Morgan fingerprint density at radius 2 is 1.88 bits per heavy atom. The number of benzene rings is 2. The highest BCUT2D eigenvalue weighted by Gasteiger charge is 2.14. The van der Waals surface area contributed by atoms with Gasteiger partial charge in [-0.05, 0) is 29.7 Å². The van der Waals surface area contributed by atoms with Crippen molar-refractivity contribution >= 4 is 27.8 Å². The molecule has 2 aromatic carbocycles. The molecule has 0 aliphatic rings. The van der Waals surface area contributed by atoms with Gasteiger partial charge in [-0.15, -0.1) is 11.3 Å². The third kappa shape index (κ3) is 2.79. The standard InChI is InChI=1S/C20H14N2O2S/c1-13-16(14-6-3-2-4-7-14)8-5-9-17(13)24-20-19-18(21-12-22-20)15(10-23)11-25-19/h2-12H,1H3. The van der Waals surface area contributed by atoms with Gasteiger partial charge in [-0.25, -0.2) is 9.97 Å². The van der Waals surface area contributed by atoms with E-state index in [4.69, 9.17) is 4.74 Å². The van der Waals surface area contributed by atoms with Crippen LogP contribution in [0.4, 0.5) is 0 Å². The van der Waals surface area contributed by atoms with Crippen LogP contribution >= 0.6 is 11.3 Å². The number of carbonyl (C=O) groups is 1. The molecule has 0 amide bonds. The molecule has 0 unspecified atom stereocenters. The van der Waals surface area contributed by atoms with Crippen LogP contribution in [0.15, 0.2) is 60.2 Å². The molecule has 5 heteroatoms. The first kappa shape index (κ1) is 15.5. The number of nitrogens with zero attached hydrogens (tertiary/aromatic N) is 2. The fraction of sp³-hybridized carbons (Fsp3) is 0.0500. The first-order valence-corrected chi connectivity index (χ1v) is 8.66. The van der Waals surface area contributed by atoms with Crippen LogP contribution in [0, 0.1) is 6.92 Å². The SMILES string of the molecule is Cc1c(Oc2ncnc3c(C=O)csc23)cccc1-c1ccccc1. The molecule has 0 N–H and O–H groups in total. The molecule has 0 radical (unpaired) electrons. The zero-order chi connectivity index (χ0) is 17.2. The number of hydrogen-bond donors (Lipinski definition) is 0. The Bertz CT molecular complexity index is 1060. The normalized spacial score (nSPS) is 10.8. The molecule has 25 heavy (non-hydrogen) atoms. The van der Waals surface area contributed by atoms with Crippen LogP contribution < -0.4 is 4.74 Å². The summed E-state index contributed by atoms with van der Waals surface area (Å²) < 4.78 is 6.86. The van der Waals surface area contributed by atoms with Crippen molar-refractivity contribution in [3.8, 4) is 22.8 Å². The summed E-state index contributed by atoms with van der Waals surface area (Å²) in [6.07, 6.45) is 2.23. The van der Waals surface area contributed by atoms with Crippen molar-refractivity contribution in [1.29, 1.82) is 0 Å². The van der Waals surface area contributed by atoms with Gasteiger partial charge < -0.3 is 4.74 Å². The molecule has 0 spiro atoms. The van der Waals surface area contributed by atoms with Gasteiger partial charge >= 0.3 is 0 Å². The lowest BCUT2D eigenvalue weighted by Gasteiger charge is -2.12. The molecule has 0 saturated carbocycles. The van der Waals surface area contributed by atoms with E-state index in [0.717, 1.165) is 33.4 Å². The quantitative estimate of drug-likeness (QED) is 0.472. The van der Waals surface area contributed by atoms with Gasteiger partial charge in [0, 0.05) is 5.38 Å². The molecule has 0 fully saturated rings. The van der Waals surface area contributed by atoms with Crippen molar-refractivity contribution in [2.45, 2.75) is 6.92 Å². The maximum atomic E-state index is 11.1. The van der Waals surface area contributed by atoms with Crippen molar-refractivity contribution in [3.05, 3.63) is 71.4 Å². The lowest BCUT2D eigenvalue weighted by atomic mass is 10.00. The van der Waals surface area contributed by atoms with Crippen LogP contribution in [0.5, 0.6) is 11.6 Å². The van der Waals surface area contributed by atoms with E-state index in [1.54, 1.807) is 5.38 Å². The average Bonchev–Trinajstić information content (AvgIpc) is 3.08. The predicted octanol–water partition coefficient (Wildman–Crippen LogP) is 5.27. The number of thiophene rings is 1. The maximum absolute atomic E-state index is 11.1. The topological polar surface area (TPSA) is 52.1 Å². The molecule has 2 heterocycles. The largest absolute Gasteiger partial charge is 0.437 e. The van der Waals surface area contributed by atoms with Crippen LogP contribution in [0.25, 0.3) is 21.3 Å². The third-order valence-electron chi connectivity index (χ3n) is 4.05. The molecule has 0 aliphatic heterocycles. The van der Waals surface area contributed by atoms with E-state index in [0.29, 0.717) is 17.0 Å². The summed E-state index contributed by atoms with van der Waals surface area (Å²) in [5.74, 6) is 1.21. The molecule has 0 aliphatic carbocycles. The second-order valence-corrected chi connectivity index (χ2v) is 6.44. The Hall–Kier alpha value is -3.05. The fourth-order valence-electron chi connectivity index (χ4n) is 2.76. The van der Waals surface area contributed by atoms with Crippen molar-refractivity contribution in [2.24, 2.45) is 0 Å². The van der Waals surface area contributed by atoms with Crippen molar-refractivity contribution in [1.82, 2.24) is 9.97 Å². The van der Waals surface area contributed by atoms with Crippen molar-refractivity contribution < 1.29 is 9.53 Å². The highest BCUT2D eigenvalue weighted by molar-refractivity contribution is 7.17. The third-order valence-corrected chi connectivity index (χ3v) is 5.03. The van der Waals surface area contributed by atoms with Gasteiger partial charge in [0.1, 0.15) is 16.8 Å². The van der Waals surface area contributed by atoms with E-state index in [-0.39, 0.29) is 0 Å². The van der Waals surface area contributed by atoms with Gasteiger partial charge in [-0.1, -0.05) is 42.5 Å². The fourth-order valence-corrected chi connectivity index (χ4v) is 3.65. The zero-order valence-corrected chi connectivity index (χ0v) is 14.3. The summed E-state index contributed by atoms with van der Waals surface area (Å²) in [5, 5.41) is 1.77. The van der Waals surface area contributed by atoms with Gasteiger partial charge in [0.15, 0.2) is 6.29 Å². The molecule has 0 saturated heterocycles. The Labute approximate surface area is 148 Å². The highest BCUT2D eigenvalue weighted by atomic mass is 32.1. The number of carbonyl (C=O) groups excluding carboxylic acids is 1. The molecular weight excluding hydrogens is 332 g/mol. The number of aromatic nitrogens is 2. The molecule has 4 rings (SSSR count). The molecular formula is C20H14N2O2S. The average molecular weight is 346 g/mol. The summed E-state index contributed by atoms with van der Waals surface area (Å²) >= 11 is 1.41. The van der Waals surface area contributed by atoms with E-state index in [2.05, 4.69) is 28.2 Å². The smallest absolute Gasteiger partial charge is 0.240 e. The Balaban J connectivity index is 1.77. The Kier molecular flexibility index (Phi) is 3.99. The molecule has 122 valence electrons. The number of fused-ring (bicyclic) bond motifs is 1. The summed E-state index contributed by atoms with van der Waals surface area (Å²) in [4.78, 5) is 19.6. The number of ether oxygens (including phenoxy) is 1. The van der Waals surface area contributed by atoms with Gasteiger partial charge in [-0.2, -0.15) is 0 Å².